The quantitative estimate of drug-likeness (QED) is 0.208. The zero-order valence-electron chi connectivity index (χ0n) is 18.9. The first-order chi connectivity index (χ1) is 15.7. The number of nitrogens with zero attached hydrogens (tertiary/aromatic N) is 2. The Hall–Kier alpha value is -1.11. The first kappa shape index (κ1) is 34.9. The van der Waals surface area contributed by atoms with Crippen LogP contribution in [0.2, 0.25) is 0 Å². The molecule has 0 fully saturated rings. The Morgan fingerprint density at radius 2 is 1.00 bits per heavy atom. The van der Waals surface area contributed by atoms with E-state index in [1.165, 1.54) is 11.9 Å². The maximum absolute atomic E-state index is 14.2. The van der Waals surface area contributed by atoms with Gasteiger partial charge in [0.05, 0.1) is 12.4 Å². The van der Waals surface area contributed by atoms with Crippen molar-refractivity contribution in [3.05, 3.63) is 0 Å². The molecule has 0 unspecified atom stereocenters. The maximum atomic E-state index is 14.2. The Labute approximate surface area is 197 Å². The lowest BCUT2D eigenvalue weighted by atomic mass is 9.81. The Kier molecular flexibility index (Phi) is 11.0. The molecular weight excluding hydrogens is 562 g/mol. The van der Waals surface area contributed by atoms with Crippen LogP contribution in [0.5, 0.6) is 0 Å². The van der Waals surface area contributed by atoms with Crippen molar-refractivity contribution in [2.45, 2.75) is 68.6 Å². The summed E-state index contributed by atoms with van der Waals surface area (Å²) in [5, 5.41) is 0. The molecule has 0 aromatic heterocycles. The number of halogens is 14. The predicted molar refractivity (Wildman–Crippen MR) is 98.6 cm³/mol. The van der Waals surface area contributed by atoms with Crippen molar-refractivity contribution in [2.24, 2.45) is 5.92 Å². The Balaban J connectivity index is 6.36. The van der Waals surface area contributed by atoms with Crippen LogP contribution in [0.4, 0.5) is 61.5 Å². The molecule has 218 valence electrons. The molecule has 0 aromatic carbocycles. The number of alkyl halides is 14. The monoisotopic (exact) mass is 586 g/mol. The van der Waals surface area contributed by atoms with Gasteiger partial charge in [0.1, 0.15) is 0 Å². The number of hydrogen-bond donors (Lipinski definition) is 0. The standard InChI is InChI=1S/C17H24F14N2O2S/c1-4-6-32(2)10-33(3)36(34,35)7-5-11(8-12(18,14(20,21)22)15(23,24)25)9-13(19,16(26,27)28)17(29,30)31/h11H,4-10H2,1-3H3. The minimum absolute atomic E-state index is 0.297. The van der Waals surface area contributed by atoms with Gasteiger partial charge in [0.15, 0.2) is 0 Å². The average molecular weight is 586 g/mol. The number of sulfonamides is 1. The molecule has 0 aliphatic carbocycles. The smallest absolute Gasteiger partial charge is 0.293 e. The molecule has 0 rings (SSSR count). The van der Waals surface area contributed by atoms with E-state index in [0.717, 1.165) is 7.05 Å². The highest BCUT2D eigenvalue weighted by molar-refractivity contribution is 7.89. The van der Waals surface area contributed by atoms with Crippen molar-refractivity contribution < 1.29 is 69.9 Å². The lowest BCUT2D eigenvalue weighted by molar-refractivity contribution is -0.356. The summed E-state index contributed by atoms with van der Waals surface area (Å²) in [5.74, 6) is -4.91. The van der Waals surface area contributed by atoms with Gasteiger partial charge in [-0.25, -0.2) is 17.2 Å². The van der Waals surface area contributed by atoms with Crippen molar-refractivity contribution in [2.75, 3.05) is 33.1 Å². The molecular formula is C17H24F14N2O2S. The van der Waals surface area contributed by atoms with Gasteiger partial charge < -0.3 is 0 Å². The van der Waals surface area contributed by atoms with E-state index in [0.29, 0.717) is 17.3 Å². The highest BCUT2D eigenvalue weighted by Gasteiger charge is 2.75. The Bertz CT molecular complexity index is 736. The molecule has 0 N–H and O–H groups in total. The Morgan fingerprint density at radius 3 is 1.28 bits per heavy atom. The third kappa shape index (κ3) is 8.19. The summed E-state index contributed by atoms with van der Waals surface area (Å²) < 4.78 is 208. The molecule has 0 aliphatic heterocycles. The van der Waals surface area contributed by atoms with Crippen molar-refractivity contribution in [1.82, 2.24) is 9.21 Å². The minimum Gasteiger partial charge on any atom is -0.293 e. The SMILES string of the molecule is CCCN(C)CN(C)S(=O)(=O)CCC(CC(F)(C(F)(F)F)C(F)(F)F)CC(F)(C(F)(F)F)C(F)(F)F. The zero-order valence-corrected chi connectivity index (χ0v) is 19.8. The fourth-order valence-electron chi connectivity index (χ4n) is 3.21. The average Bonchev–Trinajstić information content (AvgIpc) is 2.62. The fourth-order valence-corrected chi connectivity index (χ4v) is 4.52. The van der Waals surface area contributed by atoms with Crippen LogP contribution >= 0.6 is 0 Å². The molecule has 0 saturated heterocycles. The molecule has 19 heteroatoms. The molecule has 0 aromatic rings. The van der Waals surface area contributed by atoms with Crippen molar-refractivity contribution >= 4 is 10.0 Å². The second-order valence-corrected chi connectivity index (χ2v) is 10.5. The molecule has 4 nitrogen and oxygen atoms in total. The summed E-state index contributed by atoms with van der Waals surface area (Å²) in [5.41, 5.74) is -12.7. The highest BCUT2D eigenvalue weighted by Crippen LogP contribution is 2.54. The van der Waals surface area contributed by atoms with Crippen LogP contribution in [0.1, 0.15) is 32.6 Å². The van der Waals surface area contributed by atoms with Crippen LogP contribution in [0.3, 0.4) is 0 Å². The van der Waals surface area contributed by atoms with E-state index in [1.54, 1.807) is 6.92 Å². The maximum Gasteiger partial charge on any atom is 0.431 e. The van der Waals surface area contributed by atoms with Gasteiger partial charge in [0.2, 0.25) is 10.0 Å². The first-order valence-electron chi connectivity index (χ1n) is 9.93. The topological polar surface area (TPSA) is 40.6 Å². The lowest BCUT2D eigenvalue weighted by Crippen LogP contribution is -2.57. The van der Waals surface area contributed by atoms with Crippen LogP contribution in [0, 0.1) is 5.92 Å². The summed E-state index contributed by atoms with van der Waals surface area (Å²) in [6, 6.07) is 0. The summed E-state index contributed by atoms with van der Waals surface area (Å²) in [6.45, 7) is 1.56. The third-order valence-electron chi connectivity index (χ3n) is 5.24. The Morgan fingerprint density at radius 1 is 0.667 bits per heavy atom. The largest absolute Gasteiger partial charge is 0.431 e. The van der Waals surface area contributed by atoms with E-state index >= 15 is 0 Å². The van der Waals surface area contributed by atoms with E-state index in [2.05, 4.69) is 0 Å². The van der Waals surface area contributed by atoms with Crippen LogP contribution in [0.15, 0.2) is 0 Å². The van der Waals surface area contributed by atoms with Crippen LogP contribution in [-0.2, 0) is 10.0 Å². The summed E-state index contributed by atoms with van der Waals surface area (Å²) in [4.78, 5) is 1.37. The van der Waals surface area contributed by atoms with Gasteiger partial charge in [-0.05, 0) is 32.4 Å². The normalized spacial score (nSPS) is 15.4. The molecule has 0 saturated carbocycles. The second kappa shape index (κ2) is 11.3. The first-order valence-corrected chi connectivity index (χ1v) is 11.5. The van der Waals surface area contributed by atoms with E-state index in [9.17, 15) is 69.9 Å². The van der Waals surface area contributed by atoms with Crippen molar-refractivity contribution in [3.63, 3.8) is 0 Å². The molecule has 0 aliphatic rings. The van der Waals surface area contributed by atoms with Crippen LogP contribution in [-0.4, -0.2) is 86.7 Å². The molecule has 0 amide bonds. The molecule has 0 atom stereocenters. The summed E-state index contributed by atoms with van der Waals surface area (Å²) in [7, 11) is -2.44. The molecule has 0 spiro atoms. The molecule has 0 heterocycles. The number of hydrogen-bond acceptors (Lipinski definition) is 3. The molecule has 36 heavy (non-hydrogen) atoms. The van der Waals surface area contributed by atoms with Gasteiger partial charge in [-0.1, -0.05) is 6.92 Å². The summed E-state index contributed by atoms with van der Waals surface area (Å²) >= 11 is 0. The van der Waals surface area contributed by atoms with Gasteiger partial charge in [-0.2, -0.15) is 57.0 Å². The van der Waals surface area contributed by atoms with Crippen LogP contribution < -0.4 is 0 Å². The van der Waals surface area contributed by atoms with Gasteiger partial charge in [-0.3, -0.25) is 4.90 Å². The fraction of sp³-hybridized carbons (Fsp3) is 1.00. The number of rotatable bonds is 12. The van der Waals surface area contributed by atoms with E-state index in [1.807, 2.05) is 0 Å². The van der Waals surface area contributed by atoms with Crippen molar-refractivity contribution in [3.8, 4) is 0 Å². The van der Waals surface area contributed by atoms with Crippen LogP contribution in [0.25, 0.3) is 0 Å². The summed E-state index contributed by atoms with van der Waals surface area (Å²) in [6.07, 6.45) is -35.0. The molecule has 0 radical (unpaired) electrons. The zero-order chi connectivity index (χ0) is 29.2. The van der Waals surface area contributed by atoms with Crippen molar-refractivity contribution in [1.29, 1.82) is 0 Å². The van der Waals surface area contributed by atoms with E-state index in [-0.39, 0.29) is 0 Å². The van der Waals surface area contributed by atoms with E-state index in [4.69, 9.17) is 0 Å². The van der Waals surface area contributed by atoms with Gasteiger partial charge >= 0.3 is 24.7 Å². The van der Waals surface area contributed by atoms with Gasteiger partial charge in [0, 0.05) is 19.9 Å². The van der Waals surface area contributed by atoms with E-state index < -0.39 is 83.7 Å². The second-order valence-electron chi connectivity index (χ2n) is 8.29. The van der Waals surface area contributed by atoms with Gasteiger partial charge in [-0.15, -0.1) is 0 Å². The third-order valence-corrected chi connectivity index (χ3v) is 7.06. The highest BCUT2D eigenvalue weighted by atomic mass is 32.2. The van der Waals surface area contributed by atoms with Gasteiger partial charge in [0.25, 0.3) is 11.3 Å². The molecule has 0 bridgehead atoms. The minimum atomic E-state index is -6.88. The predicted octanol–water partition coefficient (Wildman–Crippen LogP) is 6.00. The lowest BCUT2D eigenvalue weighted by Gasteiger charge is -2.37.